The minimum atomic E-state index is 0.358. The molecule has 0 bridgehead atoms. The highest BCUT2D eigenvalue weighted by atomic mass is 15.3. The molecule has 1 saturated heterocycles. The average molecular weight is 236 g/mol. The first-order valence-electron chi connectivity index (χ1n) is 6.74. The number of nitrogens with two attached hydrogens (primary N) is 1. The standard InChI is InChI=1S/C13H24N4/c1-3-13(4-2)17-8-6-12(15-17)10-16-7-5-11(14)9-16/h6,8,11,13H,3-5,7,9-10,14H2,1-2H3/t11-/m1/s1. The van der Waals surface area contributed by atoms with Gasteiger partial charge in [-0.2, -0.15) is 5.10 Å². The Hall–Kier alpha value is -0.870. The maximum Gasteiger partial charge on any atom is 0.0764 e. The second-order valence-electron chi connectivity index (χ2n) is 5.04. The van der Waals surface area contributed by atoms with Crippen LogP contribution in [0.3, 0.4) is 0 Å². The number of nitrogens with zero attached hydrogens (tertiary/aromatic N) is 3. The molecule has 4 heteroatoms. The molecular formula is C13H24N4. The molecule has 0 saturated carbocycles. The molecule has 0 aliphatic carbocycles. The topological polar surface area (TPSA) is 47.1 Å². The molecule has 0 aromatic carbocycles. The fraction of sp³-hybridized carbons (Fsp3) is 0.769. The third-order valence-electron chi connectivity index (χ3n) is 3.67. The number of aromatic nitrogens is 2. The van der Waals surface area contributed by atoms with Crippen molar-refractivity contribution >= 4 is 0 Å². The first-order valence-corrected chi connectivity index (χ1v) is 6.74. The zero-order valence-electron chi connectivity index (χ0n) is 11.0. The summed E-state index contributed by atoms with van der Waals surface area (Å²) < 4.78 is 2.12. The van der Waals surface area contributed by atoms with Gasteiger partial charge in [-0.1, -0.05) is 13.8 Å². The lowest BCUT2D eigenvalue weighted by Crippen LogP contribution is -2.26. The minimum Gasteiger partial charge on any atom is -0.326 e. The Bertz CT molecular complexity index is 343. The lowest BCUT2D eigenvalue weighted by Gasteiger charge is -2.14. The second kappa shape index (κ2) is 5.65. The number of rotatable bonds is 5. The van der Waals surface area contributed by atoms with E-state index in [4.69, 9.17) is 5.73 Å². The van der Waals surface area contributed by atoms with Gasteiger partial charge in [0.1, 0.15) is 0 Å². The molecule has 2 N–H and O–H groups in total. The highest BCUT2D eigenvalue weighted by Gasteiger charge is 2.19. The maximum absolute atomic E-state index is 5.91. The molecule has 1 aromatic rings. The monoisotopic (exact) mass is 236 g/mol. The Kier molecular flexibility index (Phi) is 4.18. The van der Waals surface area contributed by atoms with Gasteiger partial charge in [0.2, 0.25) is 0 Å². The van der Waals surface area contributed by atoms with Crippen LogP contribution in [-0.4, -0.2) is 33.8 Å². The Labute approximate surface area is 104 Å². The van der Waals surface area contributed by atoms with Crippen LogP contribution < -0.4 is 5.73 Å². The number of hydrogen-bond donors (Lipinski definition) is 1. The van der Waals surface area contributed by atoms with E-state index in [1.165, 1.54) is 5.69 Å². The van der Waals surface area contributed by atoms with Gasteiger partial charge in [0.25, 0.3) is 0 Å². The molecule has 1 aliphatic heterocycles. The van der Waals surface area contributed by atoms with E-state index in [2.05, 4.69) is 40.8 Å². The van der Waals surface area contributed by atoms with Gasteiger partial charge < -0.3 is 5.73 Å². The summed E-state index contributed by atoms with van der Waals surface area (Å²) >= 11 is 0. The fourth-order valence-corrected chi connectivity index (χ4v) is 2.56. The molecule has 1 aromatic heterocycles. The van der Waals surface area contributed by atoms with Crippen LogP contribution in [0.4, 0.5) is 0 Å². The van der Waals surface area contributed by atoms with Crippen LogP contribution in [-0.2, 0) is 6.54 Å². The van der Waals surface area contributed by atoms with E-state index in [0.717, 1.165) is 38.9 Å². The highest BCUT2D eigenvalue weighted by Crippen LogP contribution is 2.16. The van der Waals surface area contributed by atoms with Gasteiger partial charge in [-0.15, -0.1) is 0 Å². The van der Waals surface area contributed by atoms with E-state index in [-0.39, 0.29) is 0 Å². The van der Waals surface area contributed by atoms with E-state index in [0.29, 0.717) is 12.1 Å². The van der Waals surface area contributed by atoms with E-state index >= 15 is 0 Å². The lowest BCUT2D eigenvalue weighted by atomic mass is 10.2. The van der Waals surface area contributed by atoms with Gasteiger partial charge in [0.05, 0.1) is 11.7 Å². The predicted octanol–water partition coefficient (Wildman–Crippen LogP) is 1.78. The Morgan fingerprint density at radius 2 is 2.24 bits per heavy atom. The van der Waals surface area contributed by atoms with Gasteiger partial charge in [-0.25, -0.2) is 0 Å². The van der Waals surface area contributed by atoms with Crippen molar-refractivity contribution in [1.29, 1.82) is 0 Å². The summed E-state index contributed by atoms with van der Waals surface area (Å²) in [5, 5.41) is 4.67. The summed E-state index contributed by atoms with van der Waals surface area (Å²) in [4.78, 5) is 2.39. The lowest BCUT2D eigenvalue weighted by molar-refractivity contribution is 0.318. The van der Waals surface area contributed by atoms with Crippen LogP contribution in [0.5, 0.6) is 0 Å². The van der Waals surface area contributed by atoms with E-state index < -0.39 is 0 Å². The average Bonchev–Trinajstić information content (AvgIpc) is 2.91. The van der Waals surface area contributed by atoms with Gasteiger partial charge in [-0.3, -0.25) is 9.58 Å². The maximum atomic E-state index is 5.91. The van der Waals surface area contributed by atoms with Gasteiger partial charge >= 0.3 is 0 Å². The highest BCUT2D eigenvalue weighted by molar-refractivity contribution is 5.00. The van der Waals surface area contributed by atoms with Crippen molar-refractivity contribution in [2.24, 2.45) is 5.73 Å². The second-order valence-corrected chi connectivity index (χ2v) is 5.04. The van der Waals surface area contributed by atoms with Gasteiger partial charge in [0, 0.05) is 31.9 Å². The molecule has 0 radical (unpaired) electrons. The molecule has 0 amide bonds. The van der Waals surface area contributed by atoms with Crippen LogP contribution >= 0.6 is 0 Å². The Morgan fingerprint density at radius 1 is 1.47 bits per heavy atom. The molecule has 0 spiro atoms. The summed E-state index contributed by atoms with van der Waals surface area (Å²) in [5.41, 5.74) is 7.08. The molecule has 1 atom stereocenters. The molecule has 2 heterocycles. The normalized spacial score (nSPS) is 21.5. The number of likely N-dealkylation sites (tertiary alicyclic amines) is 1. The number of hydrogen-bond acceptors (Lipinski definition) is 3. The van der Waals surface area contributed by atoms with Crippen molar-refractivity contribution in [1.82, 2.24) is 14.7 Å². The molecule has 96 valence electrons. The summed E-state index contributed by atoms with van der Waals surface area (Å²) in [7, 11) is 0. The van der Waals surface area contributed by atoms with Crippen LogP contribution in [0, 0.1) is 0 Å². The zero-order chi connectivity index (χ0) is 12.3. The van der Waals surface area contributed by atoms with Crippen LogP contribution in [0.25, 0.3) is 0 Å². The van der Waals surface area contributed by atoms with Crippen molar-refractivity contribution in [2.45, 2.75) is 51.7 Å². The van der Waals surface area contributed by atoms with Crippen LogP contribution in [0.15, 0.2) is 12.3 Å². The Morgan fingerprint density at radius 3 is 2.82 bits per heavy atom. The predicted molar refractivity (Wildman–Crippen MR) is 69.7 cm³/mol. The quantitative estimate of drug-likeness (QED) is 0.847. The molecular weight excluding hydrogens is 212 g/mol. The molecule has 17 heavy (non-hydrogen) atoms. The van der Waals surface area contributed by atoms with Crippen LogP contribution in [0.2, 0.25) is 0 Å². The Balaban J connectivity index is 1.94. The smallest absolute Gasteiger partial charge is 0.0764 e. The van der Waals surface area contributed by atoms with E-state index in [9.17, 15) is 0 Å². The van der Waals surface area contributed by atoms with Crippen molar-refractivity contribution < 1.29 is 0 Å². The SMILES string of the molecule is CCC(CC)n1ccc(CN2CC[C@@H](N)C2)n1. The fourth-order valence-electron chi connectivity index (χ4n) is 2.56. The van der Waals surface area contributed by atoms with Crippen molar-refractivity contribution in [3.63, 3.8) is 0 Å². The third kappa shape index (κ3) is 3.07. The summed E-state index contributed by atoms with van der Waals surface area (Å²) in [6.07, 6.45) is 5.52. The van der Waals surface area contributed by atoms with Crippen molar-refractivity contribution in [3.05, 3.63) is 18.0 Å². The van der Waals surface area contributed by atoms with Crippen LogP contribution in [0.1, 0.15) is 44.8 Å². The molecule has 2 rings (SSSR count). The minimum absolute atomic E-state index is 0.358. The van der Waals surface area contributed by atoms with Crippen molar-refractivity contribution in [3.8, 4) is 0 Å². The summed E-state index contributed by atoms with van der Waals surface area (Å²) in [5.74, 6) is 0. The first kappa shape index (κ1) is 12.6. The van der Waals surface area contributed by atoms with E-state index in [1.54, 1.807) is 0 Å². The molecule has 0 unspecified atom stereocenters. The molecule has 1 aliphatic rings. The van der Waals surface area contributed by atoms with Crippen molar-refractivity contribution in [2.75, 3.05) is 13.1 Å². The summed E-state index contributed by atoms with van der Waals surface area (Å²) in [6.45, 7) is 7.50. The first-order chi connectivity index (χ1) is 8.22. The van der Waals surface area contributed by atoms with Gasteiger partial charge in [-0.05, 0) is 25.3 Å². The zero-order valence-corrected chi connectivity index (χ0v) is 11.0. The summed E-state index contributed by atoms with van der Waals surface area (Å²) in [6, 6.07) is 3.04. The molecule has 4 nitrogen and oxygen atoms in total. The van der Waals surface area contributed by atoms with E-state index in [1.807, 2.05) is 0 Å². The van der Waals surface area contributed by atoms with Gasteiger partial charge in [0.15, 0.2) is 0 Å². The third-order valence-corrected chi connectivity index (χ3v) is 3.67. The molecule has 1 fully saturated rings. The largest absolute Gasteiger partial charge is 0.326 e.